The molecule has 0 atom stereocenters. The fourth-order valence-electron chi connectivity index (χ4n) is 8.03. The van der Waals surface area contributed by atoms with Crippen LogP contribution in [0.3, 0.4) is 0 Å². The van der Waals surface area contributed by atoms with Crippen molar-refractivity contribution in [2.75, 3.05) is 22.9 Å². The Morgan fingerprint density at radius 3 is 2.32 bits per heavy atom. The fraction of sp³-hybridized carbons (Fsp3) is 0.0980. The van der Waals surface area contributed by atoms with Gasteiger partial charge in [-0.1, -0.05) is 140 Å². The van der Waals surface area contributed by atoms with E-state index >= 15 is 0 Å². The highest BCUT2D eigenvalue weighted by Gasteiger charge is 2.36. The second kappa shape index (κ2) is 16.7. The van der Waals surface area contributed by atoms with E-state index < -0.39 is 0 Å². The Labute approximate surface area is 331 Å². The minimum Gasteiger partial charge on any atom is -0.456 e. The van der Waals surface area contributed by atoms with Gasteiger partial charge in [0.1, 0.15) is 11.2 Å². The molecule has 274 valence electrons. The van der Waals surface area contributed by atoms with Gasteiger partial charge in [0, 0.05) is 63.7 Å². The van der Waals surface area contributed by atoms with Gasteiger partial charge in [-0.25, -0.2) is 0 Å². The summed E-state index contributed by atoms with van der Waals surface area (Å²) in [6.45, 7) is 14.4. The molecule has 5 heteroatoms. The lowest BCUT2D eigenvalue weighted by Crippen LogP contribution is -2.40. The van der Waals surface area contributed by atoms with Gasteiger partial charge in [-0.15, -0.1) is 0 Å². The van der Waals surface area contributed by atoms with E-state index in [2.05, 4.69) is 186 Å². The number of hydrogen-bond acceptors (Lipinski definition) is 4. The standard InChI is InChI=1S/C51H46BN3O/c1-4-6-31-49-47-38-54(41-25-14-8-15-26-41)39(3)22-11-10-20-35-52(47)46(48(5-2)55(49)42-27-16-9-17-28-42)30-21-36-53(40-23-12-7-13-24-40)43-33-34-51-45(37-43)44-29-18-19-32-50(44)56-51/h4-7,9-14,16-34,37H,1-3,8,15,35-36,38H2/b20-10-,22-11-,30-21-,31-6-. The zero-order valence-electron chi connectivity index (χ0n) is 31.8. The fourth-order valence-corrected chi connectivity index (χ4v) is 8.03. The number of hydrogen-bond donors (Lipinski definition) is 0. The lowest BCUT2D eigenvalue weighted by Gasteiger charge is -2.40. The van der Waals surface area contributed by atoms with Gasteiger partial charge in [-0.2, -0.15) is 0 Å². The third-order valence-electron chi connectivity index (χ3n) is 10.7. The number of rotatable bonds is 10. The van der Waals surface area contributed by atoms with Crippen molar-refractivity contribution in [3.8, 4) is 0 Å². The maximum atomic E-state index is 6.20. The molecule has 4 aromatic carbocycles. The molecule has 3 heterocycles. The van der Waals surface area contributed by atoms with Gasteiger partial charge in [-0.3, -0.25) is 0 Å². The van der Waals surface area contributed by atoms with E-state index in [1.54, 1.807) is 0 Å². The summed E-state index contributed by atoms with van der Waals surface area (Å²) in [6.07, 6.45) is 31.2. The van der Waals surface area contributed by atoms with Gasteiger partial charge in [0.25, 0.3) is 0 Å². The summed E-state index contributed by atoms with van der Waals surface area (Å²) in [5.41, 5.74) is 11.9. The molecule has 4 nitrogen and oxygen atoms in total. The second-order valence-corrected chi connectivity index (χ2v) is 14.1. The van der Waals surface area contributed by atoms with Crippen LogP contribution in [0, 0.1) is 0 Å². The van der Waals surface area contributed by atoms with E-state index in [9.17, 15) is 0 Å². The van der Waals surface area contributed by atoms with Crippen LogP contribution in [0.15, 0.2) is 240 Å². The molecule has 0 fully saturated rings. The molecule has 0 N–H and O–H groups in total. The summed E-state index contributed by atoms with van der Waals surface area (Å²) in [5.74, 6) is 0. The smallest absolute Gasteiger partial charge is 0.215 e. The molecule has 0 amide bonds. The Morgan fingerprint density at radius 2 is 1.54 bits per heavy atom. The van der Waals surface area contributed by atoms with Gasteiger partial charge in [0.15, 0.2) is 0 Å². The minimum atomic E-state index is 0.0636. The Bertz CT molecular complexity index is 2530. The van der Waals surface area contributed by atoms with Gasteiger partial charge in [0.05, 0.1) is 0 Å². The van der Waals surface area contributed by atoms with Crippen LogP contribution in [0.1, 0.15) is 12.8 Å². The predicted molar refractivity (Wildman–Crippen MR) is 240 cm³/mol. The molecule has 56 heavy (non-hydrogen) atoms. The number of nitrogens with zero attached hydrogens (tertiary/aromatic N) is 3. The summed E-state index contributed by atoms with van der Waals surface area (Å²) in [7, 11) is 0. The van der Waals surface area contributed by atoms with Gasteiger partial charge >= 0.3 is 0 Å². The first kappa shape index (κ1) is 36.3. The average Bonchev–Trinajstić information content (AvgIpc) is 3.62. The Morgan fingerprint density at radius 1 is 0.750 bits per heavy atom. The molecule has 0 saturated carbocycles. The largest absolute Gasteiger partial charge is 0.456 e. The van der Waals surface area contributed by atoms with Crippen LogP contribution in [-0.2, 0) is 0 Å². The predicted octanol–water partition coefficient (Wildman–Crippen LogP) is 13.0. The number of para-hydroxylation sites is 3. The number of furan rings is 1. The Kier molecular flexibility index (Phi) is 10.8. The van der Waals surface area contributed by atoms with E-state index in [4.69, 9.17) is 4.42 Å². The molecule has 0 spiro atoms. The molecule has 3 aliphatic rings. The van der Waals surface area contributed by atoms with Crippen LogP contribution >= 0.6 is 0 Å². The summed E-state index contributed by atoms with van der Waals surface area (Å²) in [4.78, 5) is 7.10. The van der Waals surface area contributed by atoms with Crippen molar-refractivity contribution in [3.63, 3.8) is 0 Å². The Hall–Kier alpha value is -6.72. The highest BCUT2D eigenvalue weighted by molar-refractivity contribution is 6.76. The summed E-state index contributed by atoms with van der Waals surface area (Å²) >= 11 is 0. The van der Waals surface area contributed by atoms with E-state index in [0.29, 0.717) is 13.1 Å². The molecule has 5 aromatic rings. The topological polar surface area (TPSA) is 22.9 Å². The number of anilines is 3. The number of fused-ring (bicyclic) bond motifs is 4. The van der Waals surface area contributed by atoms with Crippen LogP contribution in [0.5, 0.6) is 0 Å². The SMILES string of the molecule is C=C/C=C\C1=C2CN(C3=CCCC=C3)C(=C)/C=C\C=C/CB2C(/C=C\CN(c2ccccc2)c2ccc3oc4ccccc4c3c2)=C(C=C)N1c1ccccc1. The molecule has 1 aromatic heterocycles. The highest BCUT2D eigenvalue weighted by Crippen LogP contribution is 2.40. The van der Waals surface area contributed by atoms with E-state index in [0.717, 1.165) is 75.3 Å². The third kappa shape index (κ3) is 7.36. The molecule has 0 unspecified atom stereocenters. The molecule has 1 aliphatic carbocycles. The van der Waals surface area contributed by atoms with Crippen LogP contribution < -0.4 is 9.80 Å². The summed E-state index contributed by atoms with van der Waals surface area (Å²) < 4.78 is 6.20. The zero-order valence-corrected chi connectivity index (χ0v) is 31.8. The van der Waals surface area contributed by atoms with Crippen molar-refractivity contribution in [1.82, 2.24) is 4.90 Å². The highest BCUT2D eigenvalue weighted by atomic mass is 16.3. The maximum Gasteiger partial charge on any atom is 0.215 e. The van der Waals surface area contributed by atoms with E-state index in [1.165, 1.54) is 16.6 Å². The van der Waals surface area contributed by atoms with Crippen LogP contribution in [0.2, 0.25) is 6.32 Å². The Balaban J connectivity index is 1.26. The molecular weight excluding hydrogens is 681 g/mol. The van der Waals surface area contributed by atoms with Crippen molar-refractivity contribution in [1.29, 1.82) is 0 Å². The molecule has 8 rings (SSSR count). The van der Waals surface area contributed by atoms with Crippen molar-refractivity contribution in [3.05, 3.63) is 236 Å². The zero-order chi connectivity index (χ0) is 38.3. The minimum absolute atomic E-state index is 0.0636. The first-order chi connectivity index (χ1) is 27.6. The van der Waals surface area contributed by atoms with Crippen molar-refractivity contribution in [2.24, 2.45) is 0 Å². The lowest BCUT2D eigenvalue weighted by molar-refractivity contribution is 0.493. The normalized spacial score (nSPS) is 17.5. The number of benzene rings is 4. The van der Waals surface area contributed by atoms with E-state index in [1.807, 2.05) is 30.4 Å². The first-order valence-corrected chi connectivity index (χ1v) is 19.5. The quantitative estimate of drug-likeness (QED) is 0.106. The monoisotopic (exact) mass is 727 g/mol. The van der Waals surface area contributed by atoms with Gasteiger partial charge < -0.3 is 19.1 Å². The number of allylic oxidation sites excluding steroid dienone is 13. The van der Waals surface area contributed by atoms with Crippen LogP contribution in [-0.4, -0.2) is 24.7 Å². The summed E-state index contributed by atoms with van der Waals surface area (Å²) in [6, 6.07) is 36.0. The van der Waals surface area contributed by atoms with Crippen LogP contribution in [0.4, 0.5) is 17.1 Å². The molecular formula is C51H46BN3O. The van der Waals surface area contributed by atoms with Crippen LogP contribution in [0.25, 0.3) is 21.9 Å². The van der Waals surface area contributed by atoms with Crippen molar-refractivity contribution in [2.45, 2.75) is 19.2 Å². The second-order valence-electron chi connectivity index (χ2n) is 14.1. The first-order valence-electron chi connectivity index (χ1n) is 19.5. The molecule has 0 bridgehead atoms. The van der Waals surface area contributed by atoms with E-state index in [-0.39, 0.29) is 6.71 Å². The van der Waals surface area contributed by atoms with Gasteiger partial charge in [0.2, 0.25) is 6.71 Å². The lowest BCUT2D eigenvalue weighted by atomic mass is 9.35. The van der Waals surface area contributed by atoms with Gasteiger partial charge in [-0.05, 0) is 92.0 Å². The maximum absolute atomic E-state index is 6.20. The van der Waals surface area contributed by atoms with Crippen molar-refractivity contribution >= 4 is 45.7 Å². The average molecular weight is 728 g/mol. The molecule has 0 radical (unpaired) electrons. The third-order valence-corrected chi connectivity index (χ3v) is 10.7. The summed E-state index contributed by atoms with van der Waals surface area (Å²) in [5, 5.41) is 2.23. The molecule has 2 aliphatic heterocycles. The molecule has 0 saturated heterocycles. The van der Waals surface area contributed by atoms with Crippen molar-refractivity contribution < 1.29 is 4.42 Å².